The molecule has 0 bridgehead atoms. The predicted octanol–water partition coefficient (Wildman–Crippen LogP) is 1.27. The summed E-state index contributed by atoms with van der Waals surface area (Å²) < 4.78 is 11.4. The minimum absolute atomic E-state index is 0.333. The molecule has 0 spiro atoms. The Bertz CT molecular complexity index is 20.9. The fraction of sp³-hybridized carbons (Fsp3) is 1.00. The van der Waals surface area contributed by atoms with Crippen molar-refractivity contribution in [3.05, 3.63) is 0 Å². The van der Waals surface area contributed by atoms with Crippen LogP contribution in [0.5, 0.6) is 0 Å². The summed E-state index contributed by atoms with van der Waals surface area (Å²) in [4.78, 5) is 0. The Morgan fingerprint density at radius 2 is 2.20 bits per heavy atom. The molecule has 0 saturated heterocycles. The first-order valence-electron chi connectivity index (χ1n) is 1.52. The van der Waals surface area contributed by atoms with E-state index in [1.54, 1.807) is 0 Å². The maximum Gasteiger partial charge on any atom is 0.106 e. The molecule has 0 saturated carbocycles. The highest BCUT2D eigenvalue weighted by Crippen LogP contribution is 1.87. The topological polar surface area (TPSA) is 0 Å². The number of alkyl halides is 1. The number of hydrogen-bond donors (Lipinski definition) is 1. The number of rotatable bonds is 1. The van der Waals surface area contributed by atoms with E-state index >= 15 is 0 Å². The highest BCUT2D eigenvalue weighted by molar-refractivity contribution is 7.80. The van der Waals surface area contributed by atoms with Gasteiger partial charge in [0.25, 0.3) is 0 Å². The third-order valence-electron chi connectivity index (χ3n) is 0.252. The highest BCUT2D eigenvalue weighted by Gasteiger charge is 1.86. The van der Waals surface area contributed by atoms with E-state index in [1.165, 1.54) is 6.92 Å². The van der Waals surface area contributed by atoms with E-state index in [1.807, 2.05) is 0 Å². The maximum absolute atomic E-state index is 11.4. The number of halogens is 1. The average Bonchev–Trinajstić information content (AvgIpc) is 1.38. The highest BCUT2D eigenvalue weighted by atomic mass is 32.1. The molecule has 0 fully saturated rings. The molecule has 0 aromatic carbocycles. The van der Waals surface area contributed by atoms with Crippen molar-refractivity contribution in [2.24, 2.45) is 0 Å². The average molecular weight is 94.2 g/mol. The molecule has 0 amide bonds. The molecule has 0 aromatic rings. The van der Waals surface area contributed by atoms with E-state index in [4.69, 9.17) is 0 Å². The van der Waals surface area contributed by atoms with Crippen molar-refractivity contribution in [3.63, 3.8) is 0 Å². The lowest BCUT2D eigenvalue weighted by atomic mass is 10.5. The molecule has 5 heavy (non-hydrogen) atoms. The summed E-state index contributed by atoms with van der Waals surface area (Å²) in [5.41, 5.74) is 0. The van der Waals surface area contributed by atoms with Crippen molar-refractivity contribution < 1.29 is 4.39 Å². The standard InChI is InChI=1S/C3H7FS/c1-3(4)2-5/h3,5H,2H2,1H3. The SMILES string of the molecule is CC(F)CS. The minimum atomic E-state index is -0.752. The summed E-state index contributed by atoms with van der Waals surface area (Å²) in [5.74, 6) is 0.333. The molecule has 0 aromatic heterocycles. The lowest BCUT2D eigenvalue weighted by Gasteiger charge is -1.85. The first kappa shape index (κ1) is 5.28. The molecule has 0 heterocycles. The van der Waals surface area contributed by atoms with Gasteiger partial charge in [-0.3, -0.25) is 0 Å². The Morgan fingerprint density at radius 3 is 2.20 bits per heavy atom. The molecule has 0 aliphatic rings. The van der Waals surface area contributed by atoms with Crippen molar-refractivity contribution in [3.8, 4) is 0 Å². The van der Waals surface area contributed by atoms with Crippen LogP contribution in [0.3, 0.4) is 0 Å². The van der Waals surface area contributed by atoms with E-state index in [9.17, 15) is 4.39 Å². The summed E-state index contributed by atoms with van der Waals surface area (Å²) in [6.45, 7) is 1.48. The normalized spacial score (nSPS) is 15.0. The van der Waals surface area contributed by atoms with Crippen LogP contribution in [0.2, 0.25) is 0 Å². The van der Waals surface area contributed by atoms with Crippen molar-refractivity contribution in [2.45, 2.75) is 13.1 Å². The molecule has 2 heteroatoms. The summed E-state index contributed by atoms with van der Waals surface area (Å²) in [7, 11) is 0. The minimum Gasteiger partial charge on any atom is -0.247 e. The zero-order valence-electron chi connectivity index (χ0n) is 3.11. The van der Waals surface area contributed by atoms with Gasteiger partial charge in [0.15, 0.2) is 0 Å². The Labute approximate surface area is 36.8 Å². The quantitative estimate of drug-likeness (QED) is 0.465. The second-order valence-electron chi connectivity index (χ2n) is 0.963. The zero-order chi connectivity index (χ0) is 4.28. The number of hydrogen-bond acceptors (Lipinski definition) is 1. The molecule has 0 rings (SSSR count). The van der Waals surface area contributed by atoms with Crippen molar-refractivity contribution >= 4 is 12.6 Å². The van der Waals surface area contributed by atoms with Crippen LogP contribution >= 0.6 is 12.6 Å². The van der Waals surface area contributed by atoms with Gasteiger partial charge in [-0.15, -0.1) is 0 Å². The summed E-state index contributed by atoms with van der Waals surface area (Å²) in [5, 5.41) is 0. The van der Waals surface area contributed by atoms with E-state index in [0.717, 1.165) is 0 Å². The first-order valence-corrected chi connectivity index (χ1v) is 2.15. The molecular formula is C3H7FS. The van der Waals surface area contributed by atoms with Crippen LogP contribution in [-0.4, -0.2) is 11.9 Å². The van der Waals surface area contributed by atoms with Gasteiger partial charge in [0, 0.05) is 5.75 Å². The van der Waals surface area contributed by atoms with Crippen LogP contribution in [0.4, 0.5) is 4.39 Å². The fourth-order valence-corrected chi connectivity index (χ4v) is 0. The van der Waals surface area contributed by atoms with Crippen LogP contribution in [0.1, 0.15) is 6.92 Å². The third kappa shape index (κ3) is 4.28. The van der Waals surface area contributed by atoms with Crippen LogP contribution < -0.4 is 0 Å². The van der Waals surface area contributed by atoms with Gasteiger partial charge in [0.1, 0.15) is 6.17 Å². The molecule has 0 N–H and O–H groups in total. The van der Waals surface area contributed by atoms with Gasteiger partial charge in [-0.25, -0.2) is 4.39 Å². The van der Waals surface area contributed by atoms with Gasteiger partial charge >= 0.3 is 0 Å². The van der Waals surface area contributed by atoms with Gasteiger partial charge in [0.2, 0.25) is 0 Å². The summed E-state index contributed by atoms with van der Waals surface area (Å²) in [6.07, 6.45) is -0.752. The Kier molecular flexibility index (Phi) is 2.65. The fourth-order valence-electron chi connectivity index (χ4n) is 0. The van der Waals surface area contributed by atoms with Gasteiger partial charge in [0.05, 0.1) is 0 Å². The van der Waals surface area contributed by atoms with Crippen molar-refractivity contribution in [2.75, 3.05) is 5.75 Å². The Balaban J connectivity index is 2.54. The van der Waals surface area contributed by atoms with E-state index in [2.05, 4.69) is 12.6 Å². The number of thiol groups is 1. The monoisotopic (exact) mass is 94.0 g/mol. The summed E-state index contributed by atoms with van der Waals surface area (Å²) >= 11 is 3.64. The van der Waals surface area contributed by atoms with Gasteiger partial charge in [-0.05, 0) is 6.92 Å². The van der Waals surface area contributed by atoms with E-state index in [0.29, 0.717) is 5.75 Å². The van der Waals surface area contributed by atoms with Crippen LogP contribution in [-0.2, 0) is 0 Å². The second kappa shape index (κ2) is 2.51. The molecule has 1 atom stereocenters. The summed E-state index contributed by atoms with van der Waals surface area (Å²) in [6, 6.07) is 0. The second-order valence-corrected chi connectivity index (χ2v) is 1.33. The lowest BCUT2D eigenvalue weighted by molar-refractivity contribution is 0.398. The molecule has 1 unspecified atom stereocenters. The predicted molar refractivity (Wildman–Crippen MR) is 24.4 cm³/mol. The van der Waals surface area contributed by atoms with Gasteiger partial charge in [-0.1, -0.05) is 0 Å². The molecule has 0 aliphatic heterocycles. The van der Waals surface area contributed by atoms with Crippen LogP contribution in [0, 0.1) is 0 Å². The van der Waals surface area contributed by atoms with Crippen LogP contribution in [0.15, 0.2) is 0 Å². The molecule has 0 aliphatic carbocycles. The Hall–Kier alpha value is 0.280. The van der Waals surface area contributed by atoms with Gasteiger partial charge in [-0.2, -0.15) is 12.6 Å². The zero-order valence-corrected chi connectivity index (χ0v) is 4.00. The lowest BCUT2D eigenvalue weighted by Crippen LogP contribution is -1.90. The largest absolute Gasteiger partial charge is 0.247 e. The smallest absolute Gasteiger partial charge is 0.106 e. The molecule has 32 valence electrons. The van der Waals surface area contributed by atoms with Crippen molar-refractivity contribution in [1.82, 2.24) is 0 Å². The van der Waals surface area contributed by atoms with Crippen LogP contribution in [0.25, 0.3) is 0 Å². The third-order valence-corrected chi connectivity index (χ3v) is 0.755. The van der Waals surface area contributed by atoms with Gasteiger partial charge < -0.3 is 0 Å². The molecule has 0 radical (unpaired) electrons. The van der Waals surface area contributed by atoms with E-state index in [-0.39, 0.29) is 0 Å². The molecule has 0 nitrogen and oxygen atoms in total. The first-order chi connectivity index (χ1) is 2.27. The molecular weight excluding hydrogens is 87.1 g/mol. The van der Waals surface area contributed by atoms with Crippen molar-refractivity contribution in [1.29, 1.82) is 0 Å². The van der Waals surface area contributed by atoms with E-state index < -0.39 is 6.17 Å². The maximum atomic E-state index is 11.4. The Morgan fingerprint density at radius 1 is 2.00 bits per heavy atom.